The molecule has 3 heterocycles. The van der Waals surface area contributed by atoms with E-state index < -0.39 is 5.91 Å². The van der Waals surface area contributed by atoms with E-state index >= 15 is 0 Å². The summed E-state index contributed by atoms with van der Waals surface area (Å²) in [5.41, 5.74) is 1.99. The molecule has 9 heteroatoms. The molecule has 0 fully saturated rings. The highest BCUT2D eigenvalue weighted by Gasteiger charge is 2.13. The largest absolute Gasteiger partial charge is 0.491 e. The Hall–Kier alpha value is -3.88. The van der Waals surface area contributed by atoms with Gasteiger partial charge in [-0.2, -0.15) is 4.98 Å². The van der Waals surface area contributed by atoms with Crippen molar-refractivity contribution in [1.82, 2.24) is 25.1 Å². The molecule has 0 saturated carbocycles. The number of anilines is 1. The number of aromatic amines is 3. The summed E-state index contributed by atoms with van der Waals surface area (Å²) in [6.07, 6.45) is 4.74. The number of H-pyrrole nitrogens is 3. The van der Waals surface area contributed by atoms with E-state index in [2.05, 4.69) is 36.5 Å². The summed E-state index contributed by atoms with van der Waals surface area (Å²) in [4.78, 5) is 34.2. The lowest BCUT2D eigenvalue weighted by Gasteiger charge is -2.02. The van der Waals surface area contributed by atoms with Gasteiger partial charge in [-0.15, -0.1) is 5.10 Å². The summed E-state index contributed by atoms with van der Waals surface area (Å²) in [5.74, 6) is 0.426. The highest BCUT2D eigenvalue weighted by Crippen LogP contribution is 2.19. The number of amides is 1. The molecule has 0 aliphatic carbocycles. The maximum absolute atomic E-state index is 12.2. The van der Waals surface area contributed by atoms with Crippen molar-refractivity contribution in [1.29, 1.82) is 0 Å². The van der Waals surface area contributed by atoms with Crippen molar-refractivity contribution in [3.8, 4) is 5.75 Å². The van der Waals surface area contributed by atoms with Crippen LogP contribution in [0.4, 0.5) is 5.95 Å². The normalized spacial score (nSPS) is 10.9. The Morgan fingerprint density at radius 2 is 2.04 bits per heavy atom. The number of aromatic nitrogens is 5. The molecule has 3 aromatic heterocycles. The number of benzene rings is 1. The van der Waals surface area contributed by atoms with Gasteiger partial charge < -0.3 is 14.7 Å². The summed E-state index contributed by atoms with van der Waals surface area (Å²) in [7, 11) is 1.38. The van der Waals surface area contributed by atoms with Gasteiger partial charge in [0.1, 0.15) is 11.5 Å². The van der Waals surface area contributed by atoms with Crippen molar-refractivity contribution >= 4 is 22.8 Å². The molecule has 1 aromatic carbocycles. The average Bonchev–Trinajstić information content (AvgIpc) is 3.33. The minimum atomic E-state index is -0.512. The van der Waals surface area contributed by atoms with Gasteiger partial charge in [-0.25, -0.2) is 0 Å². The van der Waals surface area contributed by atoms with Crippen molar-refractivity contribution in [2.75, 3.05) is 12.4 Å². The molecular formula is C19H18N6O3. The van der Waals surface area contributed by atoms with Crippen molar-refractivity contribution in [2.24, 2.45) is 0 Å². The predicted molar refractivity (Wildman–Crippen MR) is 104 cm³/mol. The first-order valence-corrected chi connectivity index (χ1v) is 8.68. The van der Waals surface area contributed by atoms with E-state index in [1.165, 1.54) is 30.3 Å². The number of carbonyl (C=O) groups excluding carboxylic acids is 1. The Labute approximate surface area is 159 Å². The number of ether oxygens (including phenoxy) is 1. The third kappa shape index (κ3) is 3.50. The van der Waals surface area contributed by atoms with Gasteiger partial charge in [-0.3, -0.25) is 20.0 Å². The zero-order chi connectivity index (χ0) is 19.5. The van der Waals surface area contributed by atoms with E-state index in [1.54, 1.807) is 0 Å². The Morgan fingerprint density at radius 3 is 2.86 bits per heavy atom. The molecule has 0 aliphatic heterocycles. The topological polar surface area (TPSA) is 129 Å². The van der Waals surface area contributed by atoms with Crippen LogP contribution in [0, 0.1) is 0 Å². The Morgan fingerprint density at radius 1 is 1.18 bits per heavy atom. The second-order valence-corrected chi connectivity index (χ2v) is 6.20. The monoisotopic (exact) mass is 378 g/mol. The fourth-order valence-electron chi connectivity index (χ4n) is 2.97. The number of hydrogen-bond donors (Lipinski definition) is 4. The van der Waals surface area contributed by atoms with Gasteiger partial charge >= 0.3 is 0 Å². The lowest BCUT2D eigenvalue weighted by Crippen LogP contribution is -2.18. The first-order valence-electron chi connectivity index (χ1n) is 8.68. The minimum absolute atomic E-state index is 0.0935. The Balaban J connectivity index is 1.41. The molecule has 9 nitrogen and oxygen atoms in total. The fraction of sp³-hybridized carbons (Fsp3) is 0.158. The fourth-order valence-corrected chi connectivity index (χ4v) is 2.97. The standard InChI is InChI=1S/C19H18N6O3/c1-28-16-10-21-14(8-15(16)26)18(27)23-19-22-17(24-25-19)7-6-11-9-20-13-5-3-2-4-12(11)13/h2-5,8-10,20H,6-7H2,1H3,(H,21,26)(H2,22,23,24,25,27). The van der Waals surface area contributed by atoms with Crippen LogP contribution >= 0.6 is 0 Å². The van der Waals surface area contributed by atoms with E-state index in [0.29, 0.717) is 12.2 Å². The SMILES string of the molecule is COc1c[nH]c(C(=O)Nc2n[nH]c(CCc3c[nH]c4ccccc34)n2)cc1=O. The maximum Gasteiger partial charge on any atom is 0.274 e. The van der Waals surface area contributed by atoms with Gasteiger partial charge in [-0.1, -0.05) is 18.2 Å². The molecule has 0 radical (unpaired) electrons. The average molecular weight is 378 g/mol. The summed E-state index contributed by atoms with van der Waals surface area (Å²) >= 11 is 0. The summed E-state index contributed by atoms with van der Waals surface area (Å²) in [6, 6.07) is 9.27. The van der Waals surface area contributed by atoms with Crippen molar-refractivity contribution in [3.05, 3.63) is 70.0 Å². The van der Waals surface area contributed by atoms with Crippen LogP contribution in [-0.2, 0) is 12.8 Å². The van der Waals surface area contributed by atoms with Gasteiger partial charge in [-0.05, 0) is 18.1 Å². The minimum Gasteiger partial charge on any atom is -0.491 e. The molecule has 4 N–H and O–H groups in total. The number of para-hydroxylation sites is 1. The van der Waals surface area contributed by atoms with Gasteiger partial charge in [0.25, 0.3) is 5.91 Å². The Kier molecular flexibility index (Phi) is 4.63. The van der Waals surface area contributed by atoms with Crippen LogP contribution in [0.1, 0.15) is 21.9 Å². The van der Waals surface area contributed by atoms with Gasteiger partial charge in [0.05, 0.1) is 7.11 Å². The summed E-state index contributed by atoms with van der Waals surface area (Å²) in [5, 5.41) is 10.6. The smallest absolute Gasteiger partial charge is 0.274 e. The van der Waals surface area contributed by atoms with Gasteiger partial charge in [0, 0.05) is 35.8 Å². The second kappa shape index (κ2) is 7.39. The summed E-state index contributed by atoms with van der Waals surface area (Å²) in [6.45, 7) is 0. The molecule has 0 bridgehead atoms. The van der Waals surface area contributed by atoms with Crippen molar-refractivity contribution < 1.29 is 9.53 Å². The van der Waals surface area contributed by atoms with Crippen LogP contribution in [-0.4, -0.2) is 38.2 Å². The van der Waals surface area contributed by atoms with Crippen LogP contribution in [0.25, 0.3) is 10.9 Å². The maximum atomic E-state index is 12.2. The van der Waals surface area contributed by atoms with E-state index in [9.17, 15) is 9.59 Å². The highest BCUT2D eigenvalue weighted by molar-refractivity contribution is 6.01. The van der Waals surface area contributed by atoms with Crippen LogP contribution < -0.4 is 15.5 Å². The van der Waals surface area contributed by atoms with E-state index in [-0.39, 0.29) is 22.8 Å². The van der Waals surface area contributed by atoms with E-state index in [0.717, 1.165) is 11.9 Å². The number of methoxy groups -OCH3 is 1. The van der Waals surface area contributed by atoms with Gasteiger partial charge in [0.2, 0.25) is 11.4 Å². The number of carbonyl (C=O) groups is 1. The first-order chi connectivity index (χ1) is 13.6. The van der Waals surface area contributed by atoms with Crippen LogP contribution in [0.3, 0.4) is 0 Å². The third-order valence-corrected chi connectivity index (χ3v) is 4.40. The molecule has 4 aromatic rings. The van der Waals surface area contributed by atoms with E-state index in [1.807, 2.05) is 24.4 Å². The first kappa shape index (κ1) is 17.5. The van der Waals surface area contributed by atoms with E-state index in [4.69, 9.17) is 4.74 Å². The quantitative estimate of drug-likeness (QED) is 0.408. The van der Waals surface area contributed by atoms with Crippen LogP contribution in [0.15, 0.2) is 47.5 Å². The molecule has 0 saturated heterocycles. The number of nitrogens with one attached hydrogen (secondary N) is 4. The molecule has 4 rings (SSSR count). The number of hydrogen-bond acceptors (Lipinski definition) is 5. The van der Waals surface area contributed by atoms with Gasteiger partial charge in [0.15, 0.2) is 5.75 Å². The molecular weight excluding hydrogens is 360 g/mol. The zero-order valence-electron chi connectivity index (χ0n) is 15.1. The van der Waals surface area contributed by atoms with Crippen LogP contribution in [0.2, 0.25) is 0 Å². The second-order valence-electron chi connectivity index (χ2n) is 6.20. The lowest BCUT2D eigenvalue weighted by molar-refractivity contribution is 0.102. The number of rotatable bonds is 6. The van der Waals surface area contributed by atoms with Crippen LogP contribution in [0.5, 0.6) is 5.75 Å². The number of aryl methyl sites for hydroxylation is 2. The molecule has 0 aliphatic rings. The van der Waals surface area contributed by atoms with Crippen molar-refractivity contribution in [2.45, 2.75) is 12.8 Å². The third-order valence-electron chi connectivity index (χ3n) is 4.40. The zero-order valence-corrected chi connectivity index (χ0v) is 15.1. The molecule has 0 spiro atoms. The number of nitrogens with zero attached hydrogens (tertiary/aromatic N) is 2. The molecule has 1 amide bonds. The lowest BCUT2D eigenvalue weighted by atomic mass is 10.1. The Bertz CT molecular complexity index is 1190. The molecule has 142 valence electrons. The molecule has 0 unspecified atom stereocenters. The molecule has 0 atom stereocenters. The predicted octanol–water partition coefficient (Wildman–Crippen LogP) is 2.02. The summed E-state index contributed by atoms with van der Waals surface area (Å²) < 4.78 is 4.88. The molecule has 28 heavy (non-hydrogen) atoms. The highest BCUT2D eigenvalue weighted by atomic mass is 16.5. The number of pyridine rings is 1. The van der Waals surface area contributed by atoms with Crippen molar-refractivity contribution in [3.63, 3.8) is 0 Å². The number of fused-ring (bicyclic) bond motifs is 1.